The monoisotopic (exact) mass is 359 g/mol. The van der Waals surface area contributed by atoms with Crippen LogP contribution in [-0.4, -0.2) is 29.0 Å². The topological polar surface area (TPSA) is 111 Å². The lowest BCUT2D eigenvalue weighted by Gasteiger charge is -2.14. The van der Waals surface area contributed by atoms with Gasteiger partial charge in [0.25, 0.3) is 5.91 Å². The fourth-order valence-corrected chi connectivity index (χ4v) is 2.28. The van der Waals surface area contributed by atoms with E-state index in [-0.39, 0.29) is 11.5 Å². The Hall–Kier alpha value is -3.16. The van der Waals surface area contributed by atoms with E-state index in [4.69, 9.17) is 9.26 Å². The van der Waals surface area contributed by atoms with Crippen molar-refractivity contribution in [3.63, 3.8) is 0 Å². The Labute approximate surface area is 150 Å². The first kappa shape index (κ1) is 19.2. The summed E-state index contributed by atoms with van der Waals surface area (Å²) in [6, 6.07) is 6.58. The van der Waals surface area contributed by atoms with Gasteiger partial charge in [-0.2, -0.15) is 0 Å². The molecule has 138 valence electrons. The predicted octanol–water partition coefficient (Wildman–Crippen LogP) is 2.69. The number of nitrogens with one attached hydrogen (secondary N) is 2. The third kappa shape index (κ3) is 4.69. The summed E-state index contributed by atoms with van der Waals surface area (Å²) in [6.07, 6.45) is -0.486. The van der Waals surface area contributed by atoms with Gasteiger partial charge >= 0.3 is 5.97 Å². The second-order valence-electron chi connectivity index (χ2n) is 5.71. The molecule has 0 aliphatic carbocycles. The van der Waals surface area contributed by atoms with E-state index in [1.807, 2.05) is 6.92 Å². The molecule has 0 bridgehead atoms. The third-order valence-corrected chi connectivity index (χ3v) is 3.60. The maximum Gasteiger partial charge on any atom is 0.344 e. The van der Waals surface area contributed by atoms with Crippen molar-refractivity contribution in [2.75, 3.05) is 10.6 Å². The van der Waals surface area contributed by atoms with Crippen molar-refractivity contribution in [2.45, 2.75) is 40.2 Å². The average Bonchev–Trinajstić information content (AvgIpc) is 2.96. The molecule has 8 nitrogen and oxygen atoms in total. The largest absolute Gasteiger partial charge is 0.449 e. The van der Waals surface area contributed by atoms with Crippen molar-refractivity contribution < 1.29 is 23.6 Å². The Balaban J connectivity index is 1.98. The van der Waals surface area contributed by atoms with Crippen LogP contribution < -0.4 is 10.6 Å². The lowest BCUT2D eigenvalue weighted by Crippen LogP contribution is -2.30. The number of amides is 2. The SMILES string of the molecule is CCc1noc(C)c1C(=O)O[C@@H](C)C(=O)Nc1ccc(NC(C)=O)cc1. The first-order valence-electron chi connectivity index (χ1n) is 8.16. The molecule has 0 aliphatic rings. The van der Waals surface area contributed by atoms with Crippen molar-refractivity contribution in [1.82, 2.24) is 5.16 Å². The summed E-state index contributed by atoms with van der Waals surface area (Å²) in [5, 5.41) is 9.08. The number of hydrogen-bond donors (Lipinski definition) is 2. The second kappa shape index (κ2) is 8.28. The molecule has 2 rings (SSSR count). The molecule has 1 atom stereocenters. The van der Waals surface area contributed by atoms with Crippen LogP contribution in [0, 0.1) is 6.92 Å². The van der Waals surface area contributed by atoms with Gasteiger partial charge in [-0.3, -0.25) is 9.59 Å². The Kier molecular flexibility index (Phi) is 6.11. The highest BCUT2D eigenvalue weighted by atomic mass is 16.5. The molecule has 0 radical (unpaired) electrons. The molecule has 0 saturated carbocycles. The lowest BCUT2D eigenvalue weighted by atomic mass is 10.1. The molecule has 0 spiro atoms. The zero-order valence-electron chi connectivity index (χ0n) is 15.1. The molecular weight excluding hydrogens is 338 g/mol. The van der Waals surface area contributed by atoms with E-state index in [0.29, 0.717) is 29.2 Å². The van der Waals surface area contributed by atoms with Gasteiger partial charge in [-0.1, -0.05) is 12.1 Å². The van der Waals surface area contributed by atoms with Gasteiger partial charge < -0.3 is 19.9 Å². The van der Waals surface area contributed by atoms with Gasteiger partial charge in [0.15, 0.2) is 6.10 Å². The molecule has 2 amide bonds. The summed E-state index contributed by atoms with van der Waals surface area (Å²) in [5.74, 6) is -0.951. The van der Waals surface area contributed by atoms with Crippen LogP contribution in [-0.2, 0) is 20.7 Å². The average molecular weight is 359 g/mol. The van der Waals surface area contributed by atoms with E-state index < -0.39 is 18.0 Å². The highest BCUT2D eigenvalue weighted by Crippen LogP contribution is 2.17. The second-order valence-corrected chi connectivity index (χ2v) is 5.71. The predicted molar refractivity (Wildman–Crippen MR) is 94.9 cm³/mol. The number of rotatable bonds is 6. The van der Waals surface area contributed by atoms with E-state index in [1.165, 1.54) is 13.8 Å². The van der Waals surface area contributed by atoms with Crippen LogP contribution in [0.2, 0.25) is 0 Å². The number of nitrogens with zero attached hydrogens (tertiary/aromatic N) is 1. The van der Waals surface area contributed by atoms with Gasteiger partial charge in [-0.05, 0) is 44.5 Å². The minimum absolute atomic E-state index is 0.183. The van der Waals surface area contributed by atoms with Crippen LogP contribution in [0.1, 0.15) is 42.6 Å². The third-order valence-electron chi connectivity index (χ3n) is 3.60. The molecule has 1 heterocycles. The van der Waals surface area contributed by atoms with Crippen molar-refractivity contribution in [3.05, 3.63) is 41.3 Å². The number of benzene rings is 1. The van der Waals surface area contributed by atoms with Crippen LogP contribution in [0.3, 0.4) is 0 Å². The number of ether oxygens (including phenoxy) is 1. The van der Waals surface area contributed by atoms with E-state index in [2.05, 4.69) is 15.8 Å². The zero-order chi connectivity index (χ0) is 19.3. The lowest BCUT2D eigenvalue weighted by molar-refractivity contribution is -0.123. The van der Waals surface area contributed by atoms with E-state index in [1.54, 1.807) is 31.2 Å². The number of anilines is 2. The number of hydrogen-bond acceptors (Lipinski definition) is 6. The van der Waals surface area contributed by atoms with Crippen LogP contribution in [0.25, 0.3) is 0 Å². The van der Waals surface area contributed by atoms with Crippen LogP contribution in [0.5, 0.6) is 0 Å². The van der Waals surface area contributed by atoms with Gasteiger partial charge in [-0.15, -0.1) is 0 Å². The minimum Gasteiger partial charge on any atom is -0.449 e. The summed E-state index contributed by atoms with van der Waals surface area (Å²) in [5.41, 5.74) is 1.88. The van der Waals surface area contributed by atoms with Crippen LogP contribution in [0.4, 0.5) is 11.4 Å². The summed E-state index contributed by atoms with van der Waals surface area (Å²) in [4.78, 5) is 35.5. The van der Waals surface area contributed by atoms with Crippen LogP contribution in [0.15, 0.2) is 28.8 Å². The molecule has 0 aliphatic heterocycles. The Bertz CT molecular complexity index is 811. The fraction of sp³-hybridized carbons (Fsp3) is 0.333. The minimum atomic E-state index is -1.00. The fourth-order valence-electron chi connectivity index (χ4n) is 2.28. The number of esters is 1. The normalized spacial score (nSPS) is 11.5. The molecule has 0 unspecified atom stereocenters. The molecule has 2 N–H and O–H groups in total. The molecule has 2 aromatic rings. The van der Waals surface area contributed by atoms with Crippen LogP contribution >= 0.6 is 0 Å². The summed E-state index contributed by atoms with van der Waals surface area (Å²) in [7, 11) is 0. The summed E-state index contributed by atoms with van der Waals surface area (Å²) in [6.45, 7) is 6.35. The number of carbonyl (C=O) groups excluding carboxylic acids is 3. The van der Waals surface area contributed by atoms with Crippen molar-refractivity contribution in [2.24, 2.45) is 0 Å². The van der Waals surface area contributed by atoms with Gasteiger partial charge in [0, 0.05) is 18.3 Å². The standard InChI is InChI=1S/C18H21N3O5/c1-5-15-16(10(2)26-21-15)18(24)25-11(3)17(23)20-14-8-6-13(7-9-14)19-12(4)22/h6-9,11H,5H2,1-4H3,(H,19,22)(H,20,23)/t11-/m0/s1. The smallest absolute Gasteiger partial charge is 0.344 e. The number of aryl methyl sites for hydroxylation is 2. The van der Waals surface area contributed by atoms with Crippen molar-refractivity contribution in [3.8, 4) is 0 Å². The summed E-state index contributed by atoms with van der Waals surface area (Å²) >= 11 is 0. The van der Waals surface area contributed by atoms with E-state index in [9.17, 15) is 14.4 Å². The molecule has 0 fully saturated rings. The van der Waals surface area contributed by atoms with E-state index in [0.717, 1.165) is 0 Å². The number of carbonyl (C=O) groups is 3. The Morgan fingerprint density at radius 2 is 1.73 bits per heavy atom. The summed E-state index contributed by atoms with van der Waals surface area (Å²) < 4.78 is 10.2. The van der Waals surface area contributed by atoms with Crippen molar-refractivity contribution >= 4 is 29.2 Å². The molecule has 1 aromatic carbocycles. The highest BCUT2D eigenvalue weighted by Gasteiger charge is 2.25. The van der Waals surface area contributed by atoms with Gasteiger partial charge in [-0.25, -0.2) is 4.79 Å². The number of aromatic nitrogens is 1. The molecule has 0 saturated heterocycles. The van der Waals surface area contributed by atoms with Gasteiger partial charge in [0.1, 0.15) is 11.3 Å². The molecule has 26 heavy (non-hydrogen) atoms. The highest BCUT2D eigenvalue weighted by molar-refractivity contribution is 5.98. The first-order valence-corrected chi connectivity index (χ1v) is 8.16. The van der Waals surface area contributed by atoms with Gasteiger partial charge in [0.05, 0.1) is 5.69 Å². The Morgan fingerprint density at radius 1 is 1.15 bits per heavy atom. The quantitative estimate of drug-likeness (QED) is 0.767. The Morgan fingerprint density at radius 3 is 2.27 bits per heavy atom. The molecule has 8 heteroatoms. The maximum atomic E-state index is 12.3. The van der Waals surface area contributed by atoms with Gasteiger partial charge in [0.2, 0.25) is 5.91 Å². The van der Waals surface area contributed by atoms with E-state index >= 15 is 0 Å². The molecule has 1 aromatic heterocycles. The zero-order valence-corrected chi connectivity index (χ0v) is 15.1. The first-order chi connectivity index (χ1) is 12.3. The molecular formula is C18H21N3O5. The van der Waals surface area contributed by atoms with Crippen molar-refractivity contribution in [1.29, 1.82) is 0 Å². The maximum absolute atomic E-state index is 12.3.